The van der Waals surface area contributed by atoms with E-state index in [1.807, 2.05) is 30.6 Å². The Bertz CT molecular complexity index is 501. The van der Waals surface area contributed by atoms with Crippen LogP contribution in [-0.2, 0) is 6.54 Å². The lowest BCUT2D eigenvalue weighted by Crippen LogP contribution is -2.22. The molecule has 0 N–H and O–H groups in total. The van der Waals surface area contributed by atoms with E-state index < -0.39 is 0 Å². The lowest BCUT2D eigenvalue weighted by Gasteiger charge is -2.25. The van der Waals surface area contributed by atoms with Crippen LogP contribution in [0.2, 0.25) is 5.02 Å². The van der Waals surface area contributed by atoms with Crippen molar-refractivity contribution in [3.05, 3.63) is 59.1 Å². The van der Waals surface area contributed by atoms with E-state index in [1.165, 1.54) is 5.56 Å². The zero-order valence-electron chi connectivity index (χ0n) is 10.5. The summed E-state index contributed by atoms with van der Waals surface area (Å²) in [5.74, 6) is 0. The molecule has 0 aliphatic carbocycles. The number of rotatable bonds is 4. The fourth-order valence-corrected chi connectivity index (χ4v) is 2.01. The number of pyridine rings is 2. The molecule has 94 valence electrons. The van der Waals surface area contributed by atoms with Gasteiger partial charge < -0.3 is 0 Å². The van der Waals surface area contributed by atoms with Gasteiger partial charge in [0.25, 0.3) is 0 Å². The fourth-order valence-electron chi connectivity index (χ4n) is 1.83. The number of hydrogen-bond acceptors (Lipinski definition) is 3. The van der Waals surface area contributed by atoms with Crippen LogP contribution in [0.15, 0.2) is 43.0 Å². The number of aromatic nitrogens is 2. The lowest BCUT2D eigenvalue weighted by molar-refractivity contribution is 0.253. The molecule has 0 radical (unpaired) electrons. The van der Waals surface area contributed by atoms with Crippen LogP contribution in [0.25, 0.3) is 0 Å². The summed E-state index contributed by atoms with van der Waals surface area (Å²) in [5, 5.41) is 0.714. The van der Waals surface area contributed by atoms with Crippen molar-refractivity contribution in [1.82, 2.24) is 14.9 Å². The Labute approximate surface area is 112 Å². The molecule has 0 saturated heterocycles. The fraction of sp³-hybridized carbons (Fsp3) is 0.286. The van der Waals surface area contributed by atoms with Gasteiger partial charge in [-0.2, -0.15) is 0 Å². The van der Waals surface area contributed by atoms with Crippen LogP contribution in [0.4, 0.5) is 0 Å². The second kappa shape index (κ2) is 5.94. The molecule has 0 fully saturated rings. The highest BCUT2D eigenvalue weighted by molar-refractivity contribution is 6.31. The van der Waals surface area contributed by atoms with Crippen LogP contribution in [0, 0.1) is 0 Å². The molecule has 3 nitrogen and oxygen atoms in total. The highest BCUT2D eigenvalue weighted by atomic mass is 35.5. The molecule has 2 aromatic heterocycles. The summed E-state index contributed by atoms with van der Waals surface area (Å²) >= 11 is 6.12. The van der Waals surface area contributed by atoms with Crippen molar-refractivity contribution in [2.24, 2.45) is 0 Å². The third-order valence-electron chi connectivity index (χ3n) is 3.13. The molecule has 18 heavy (non-hydrogen) atoms. The number of halogens is 1. The van der Waals surface area contributed by atoms with Gasteiger partial charge >= 0.3 is 0 Å². The standard InChI is InChI=1S/C14H16ClN3/c1-11(12-3-6-16-7-4-12)18(2)10-13-5-8-17-9-14(13)15/h3-9,11H,10H2,1-2H3/t11-/m1/s1. The first-order valence-electron chi connectivity index (χ1n) is 5.87. The van der Waals surface area contributed by atoms with Crippen molar-refractivity contribution in [3.63, 3.8) is 0 Å². The minimum absolute atomic E-state index is 0.317. The highest BCUT2D eigenvalue weighted by Crippen LogP contribution is 2.22. The zero-order chi connectivity index (χ0) is 13.0. The molecule has 0 amide bonds. The molecule has 1 atom stereocenters. The molecule has 2 heterocycles. The smallest absolute Gasteiger partial charge is 0.0634 e. The molecular formula is C14H16ClN3. The van der Waals surface area contributed by atoms with Crippen molar-refractivity contribution in [1.29, 1.82) is 0 Å². The average molecular weight is 262 g/mol. The van der Waals surface area contributed by atoms with E-state index in [-0.39, 0.29) is 0 Å². The van der Waals surface area contributed by atoms with Crippen molar-refractivity contribution < 1.29 is 0 Å². The Hall–Kier alpha value is -1.45. The van der Waals surface area contributed by atoms with Crippen LogP contribution >= 0.6 is 11.6 Å². The average Bonchev–Trinajstić information content (AvgIpc) is 2.41. The molecule has 0 unspecified atom stereocenters. The molecule has 0 bridgehead atoms. The van der Waals surface area contributed by atoms with Crippen LogP contribution in [0.1, 0.15) is 24.1 Å². The maximum atomic E-state index is 6.12. The lowest BCUT2D eigenvalue weighted by atomic mass is 10.1. The number of nitrogens with zero attached hydrogens (tertiary/aromatic N) is 3. The second-order valence-corrected chi connectivity index (χ2v) is 4.75. The quantitative estimate of drug-likeness (QED) is 0.845. The predicted molar refractivity (Wildman–Crippen MR) is 73.4 cm³/mol. The van der Waals surface area contributed by atoms with Gasteiger partial charge in [-0.25, -0.2) is 0 Å². The van der Waals surface area contributed by atoms with Gasteiger partial charge in [0, 0.05) is 37.4 Å². The Balaban J connectivity index is 2.09. The van der Waals surface area contributed by atoms with E-state index in [1.54, 1.807) is 12.4 Å². The van der Waals surface area contributed by atoms with Gasteiger partial charge in [0.2, 0.25) is 0 Å². The number of hydrogen-bond donors (Lipinski definition) is 0. The minimum Gasteiger partial charge on any atom is -0.295 e. The first-order chi connectivity index (χ1) is 8.68. The van der Waals surface area contributed by atoms with E-state index in [9.17, 15) is 0 Å². The predicted octanol–water partition coefficient (Wildman–Crippen LogP) is 3.32. The Kier molecular flexibility index (Phi) is 4.28. The summed E-state index contributed by atoms with van der Waals surface area (Å²) in [7, 11) is 2.09. The van der Waals surface area contributed by atoms with E-state index in [0.29, 0.717) is 11.1 Å². The third kappa shape index (κ3) is 3.06. The van der Waals surface area contributed by atoms with Gasteiger partial charge in [-0.05, 0) is 43.3 Å². The molecule has 0 aliphatic heterocycles. The summed E-state index contributed by atoms with van der Waals surface area (Å²) < 4.78 is 0. The minimum atomic E-state index is 0.317. The van der Waals surface area contributed by atoms with Gasteiger partial charge in [-0.15, -0.1) is 0 Å². The third-order valence-corrected chi connectivity index (χ3v) is 3.47. The Morgan fingerprint density at radius 2 is 1.83 bits per heavy atom. The molecular weight excluding hydrogens is 246 g/mol. The first kappa shape index (κ1) is 13.0. The second-order valence-electron chi connectivity index (χ2n) is 4.34. The molecule has 0 saturated carbocycles. The van der Waals surface area contributed by atoms with Crippen LogP contribution in [0.3, 0.4) is 0 Å². The SMILES string of the molecule is C[C@H](c1ccncc1)N(C)Cc1ccncc1Cl. The molecule has 0 spiro atoms. The normalized spacial score (nSPS) is 12.7. The van der Waals surface area contributed by atoms with Gasteiger partial charge in [0.15, 0.2) is 0 Å². The van der Waals surface area contributed by atoms with Crippen LogP contribution in [0.5, 0.6) is 0 Å². The monoisotopic (exact) mass is 261 g/mol. The largest absolute Gasteiger partial charge is 0.295 e. The first-order valence-corrected chi connectivity index (χ1v) is 6.25. The highest BCUT2D eigenvalue weighted by Gasteiger charge is 2.12. The van der Waals surface area contributed by atoms with Crippen molar-refractivity contribution in [3.8, 4) is 0 Å². The van der Waals surface area contributed by atoms with E-state index in [0.717, 1.165) is 12.1 Å². The Morgan fingerprint density at radius 3 is 2.50 bits per heavy atom. The van der Waals surface area contributed by atoms with Crippen molar-refractivity contribution in [2.75, 3.05) is 7.05 Å². The maximum absolute atomic E-state index is 6.12. The summed E-state index contributed by atoms with van der Waals surface area (Å²) in [5.41, 5.74) is 2.34. The summed E-state index contributed by atoms with van der Waals surface area (Å²) in [6, 6.07) is 6.35. The molecule has 2 aromatic rings. The molecule has 0 aromatic carbocycles. The molecule has 2 rings (SSSR count). The summed E-state index contributed by atoms with van der Waals surface area (Å²) in [6.45, 7) is 2.97. The maximum Gasteiger partial charge on any atom is 0.0634 e. The van der Waals surface area contributed by atoms with Crippen molar-refractivity contribution in [2.45, 2.75) is 19.5 Å². The molecule has 4 heteroatoms. The van der Waals surface area contributed by atoms with Crippen molar-refractivity contribution >= 4 is 11.6 Å². The van der Waals surface area contributed by atoms with Crippen LogP contribution in [-0.4, -0.2) is 21.9 Å². The Morgan fingerprint density at radius 1 is 1.17 bits per heavy atom. The summed E-state index contributed by atoms with van der Waals surface area (Å²) in [4.78, 5) is 10.3. The van der Waals surface area contributed by atoms with Gasteiger partial charge in [-0.1, -0.05) is 11.6 Å². The molecule has 0 aliphatic rings. The van der Waals surface area contributed by atoms with Gasteiger partial charge in [0.1, 0.15) is 0 Å². The van der Waals surface area contributed by atoms with Gasteiger partial charge in [-0.3, -0.25) is 14.9 Å². The van der Waals surface area contributed by atoms with Crippen LogP contribution < -0.4 is 0 Å². The topological polar surface area (TPSA) is 29.0 Å². The van der Waals surface area contributed by atoms with Gasteiger partial charge in [0.05, 0.1) is 5.02 Å². The zero-order valence-corrected chi connectivity index (χ0v) is 11.3. The van der Waals surface area contributed by atoms with E-state index >= 15 is 0 Å². The summed E-state index contributed by atoms with van der Waals surface area (Å²) in [6.07, 6.45) is 7.09. The van der Waals surface area contributed by atoms with E-state index in [4.69, 9.17) is 11.6 Å². The van der Waals surface area contributed by atoms with E-state index in [2.05, 4.69) is 28.8 Å².